The molecule has 1 fully saturated rings. The number of imidazole rings is 1. The molecule has 0 amide bonds. The average molecular weight is 427 g/mol. The molecular weight excluding hydrogens is 405 g/mol. The van der Waals surface area contributed by atoms with Crippen molar-refractivity contribution < 1.29 is 4.39 Å². The van der Waals surface area contributed by atoms with Crippen molar-refractivity contribution in [2.24, 2.45) is 5.73 Å². The number of nitriles is 1. The summed E-state index contributed by atoms with van der Waals surface area (Å²) < 4.78 is 14.0. The summed E-state index contributed by atoms with van der Waals surface area (Å²) in [6.07, 6.45) is 6.02. The van der Waals surface area contributed by atoms with Gasteiger partial charge in [-0.15, -0.1) is 0 Å². The molecule has 3 aromatic heterocycles. The predicted molar refractivity (Wildman–Crippen MR) is 121 cm³/mol. The van der Waals surface area contributed by atoms with E-state index in [1.807, 2.05) is 19.9 Å². The highest BCUT2D eigenvalue weighted by Gasteiger charge is 2.33. The second kappa shape index (κ2) is 7.39. The fourth-order valence-electron chi connectivity index (χ4n) is 4.39. The third-order valence-electron chi connectivity index (χ3n) is 5.92. The Morgan fingerprint density at radius 3 is 2.81 bits per heavy atom. The van der Waals surface area contributed by atoms with Crippen molar-refractivity contribution in [3.8, 4) is 28.6 Å². The highest BCUT2D eigenvalue weighted by atomic mass is 19.1. The van der Waals surface area contributed by atoms with Gasteiger partial charge in [-0.25, -0.2) is 14.4 Å². The number of nitrogens with one attached hydrogen (secondary N) is 1. The van der Waals surface area contributed by atoms with Gasteiger partial charge in [-0.3, -0.25) is 4.98 Å². The first-order valence-electron chi connectivity index (χ1n) is 10.4. The number of aromatic nitrogens is 4. The van der Waals surface area contributed by atoms with E-state index in [2.05, 4.69) is 25.9 Å². The van der Waals surface area contributed by atoms with Crippen LogP contribution in [0, 0.1) is 24.1 Å². The minimum Gasteiger partial charge on any atom is -0.368 e. The smallest absolute Gasteiger partial charge is 0.142 e. The van der Waals surface area contributed by atoms with Gasteiger partial charge in [0.05, 0.1) is 22.3 Å². The van der Waals surface area contributed by atoms with Crippen molar-refractivity contribution >= 4 is 16.7 Å². The number of hydrogen-bond donors (Lipinski definition) is 2. The maximum Gasteiger partial charge on any atom is 0.142 e. The van der Waals surface area contributed by atoms with Gasteiger partial charge in [0.2, 0.25) is 0 Å². The fourth-order valence-corrected chi connectivity index (χ4v) is 4.39. The molecule has 1 aliphatic heterocycles. The normalized spacial score (nSPS) is 18.3. The van der Waals surface area contributed by atoms with E-state index in [9.17, 15) is 9.65 Å². The Kier molecular flexibility index (Phi) is 4.64. The second-order valence-corrected chi connectivity index (χ2v) is 8.65. The van der Waals surface area contributed by atoms with Crippen LogP contribution in [-0.4, -0.2) is 38.6 Å². The summed E-state index contributed by atoms with van der Waals surface area (Å²) in [4.78, 5) is 18.8. The summed E-state index contributed by atoms with van der Waals surface area (Å²) in [6.45, 7) is 5.33. The van der Waals surface area contributed by atoms with Gasteiger partial charge < -0.3 is 15.6 Å². The molecule has 5 rings (SSSR count). The van der Waals surface area contributed by atoms with Crippen molar-refractivity contribution in [2.45, 2.75) is 25.8 Å². The SMILES string of the molecule is Cc1cc(F)cc2[nH]c(-c3cncc(-c4ccnc(C#N)c4)c3N3CC[C@](C)(N)C3)nc12. The van der Waals surface area contributed by atoms with E-state index >= 15 is 0 Å². The van der Waals surface area contributed by atoms with Crippen molar-refractivity contribution in [2.75, 3.05) is 18.0 Å². The summed E-state index contributed by atoms with van der Waals surface area (Å²) in [5.41, 5.74) is 12.0. The largest absolute Gasteiger partial charge is 0.368 e. The molecule has 4 aromatic rings. The van der Waals surface area contributed by atoms with Crippen LogP contribution in [-0.2, 0) is 0 Å². The lowest BCUT2D eigenvalue weighted by Gasteiger charge is -2.26. The van der Waals surface area contributed by atoms with Gasteiger partial charge in [0.25, 0.3) is 0 Å². The van der Waals surface area contributed by atoms with Crippen LogP contribution in [0.2, 0.25) is 0 Å². The van der Waals surface area contributed by atoms with Gasteiger partial charge in [-0.2, -0.15) is 5.26 Å². The van der Waals surface area contributed by atoms with Gasteiger partial charge in [0, 0.05) is 42.8 Å². The lowest BCUT2D eigenvalue weighted by atomic mass is 10.0. The molecule has 4 heterocycles. The van der Waals surface area contributed by atoms with Gasteiger partial charge in [0.15, 0.2) is 0 Å². The summed E-state index contributed by atoms with van der Waals surface area (Å²) in [5, 5.41) is 9.32. The van der Waals surface area contributed by atoms with E-state index in [0.29, 0.717) is 23.6 Å². The van der Waals surface area contributed by atoms with Crippen LogP contribution >= 0.6 is 0 Å². The molecule has 0 spiro atoms. The molecule has 8 heteroatoms. The molecule has 7 nitrogen and oxygen atoms in total. The number of aromatic amines is 1. The van der Waals surface area contributed by atoms with Crippen LogP contribution in [0.1, 0.15) is 24.6 Å². The molecule has 160 valence electrons. The third kappa shape index (κ3) is 3.47. The molecule has 3 N–H and O–H groups in total. The Bertz CT molecular complexity index is 1380. The molecule has 0 radical (unpaired) electrons. The molecule has 0 aliphatic carbocycles. The molecule has 0 saturated carbocycles. The summed E-state index contributed by atoms with van der Waals surface area (Å²) >= 11 is 0. The molecule has 1 aromatic carbocycles. The van der Waals surface area contributed by atoms with E-state index in [0.717, 1.165) is 46.4 Å². The standard InChI is InChI=1S/C24H22FN7/c1-14-7-16(25)9-20-21(14)31-23(30-20)19-12-28-11-18(15-3-5-29-17(8-15)10-26)22(19)32-6-4-24(2,27)13-32/h3,5,7-9,11-12H,4,6,13,27H2,1-2H3,(H,30,31)/t24-/m0/s1. The number of nitrogens with zero attached hydrogens (tertiary/aromatic N) is 5. The number of nitrogens with two attached hydrogens (primary N) is 1. The Morgan fingerprint density at radius 2 is 2.06 bits per heavy atom. The average Bonchev–Trinajstić information content (AvgIpc) is 3.36. The van der Waals surface area contributed by atoms with Crippen molar-refractivity contribution in [3.63, 3.8) is 0 Å². The summed E-state index contributed by atoms with van der Waals surface area (Å²) in [6, 6.07) is 8.63. The Balaban J connectivity index is 1.74. The maximum absolute atomic E-state index is 14.0. The highest BCUT2D eigenvalue weighted by molar-refractivity contribution is 5.91. The molecule has 0 unspecified atom stereocenters. The number of H-pyrrole nitrogens is 1. The second-order valence-electron chi connectivity index (χ2n) is 8.65. The van der Waals surface area contributed by atoms with Gasteiger partial charge >= 0.3 is 0 Å². The number of aryl methyl sites for hydroxylation is 1. The third-order valence-corrected chi connectivity index (χ3v) is 5.92. The first-order valence-corrected chi connectivity index (χ1v) is 10.4. The van der Waals surface area contributed by atoms with Gasteiger partial charge in [0.1, 0.15) is 23.4 Å². The molecule has 32 heavy (non-hydrogen) atoms. The van der Waals surface area contributed by atoms with Crippen molar-refractivity contribution in [1.82, 2.24) is 19.9 Å². The maximum atomic E-state index is 14.0. The molecule has 1 saturated heterocycles. The molecule has 0 bridgehead atoms. The van der Waals surface area contributed by atoms with Crippen molar-refractivity contribution in [3.05, 3.63) is 59.9 Å². The predicted octanol–water partition coefficient (Wildman–Crippen LogP) is 3.93. The zero-order valence-electron chi connectivity index (χ0n) is 17.9. The molecule has 1 atom stereocenters. The number of pyridine rings is 2. The number of halogens is 1. The Labute approximate surface area is 184 Å². The van der Waals surface area contributed by atoms with Gasteiger partial charge in [-0.1, -0.05) is 0 Å². The van der Waals surface area contributed by atoms with Crippen LogP contribution < -0.4 is 10.6 Å². The van der Waals surface area contributed by atoms with Crippen LogP contribution in [0.3, 0.4) is 0 Å². The van der Waals surface area contributed by atoms with Crippen LogP contribution in [0.25, 0.3) is 33.5 Å². The van der Waals surface area contributed by atoms with E-state index in [-0.39, 0.29) is 11.4 Å². The van der Waals surface area contributed by atoms with Crippen LogP contribution in [0.5, 0.6) is 0 Å². The van der Waals surface area contributed by atoms with E-state index in [4.69, 9.17) is 10.7 Å². The Morgan fingerprint density at radius 1 is 1.25 bits per heavy atom. The zero-order chi connectivity index (χ0) is 22.5. The first-order chi connectivity index (χ1) is 15.3. The topological polar surface area (TPSA) is 108 Å². The quantitative estimate of drug-likeness (QED) is 0.513. The summed E-state index contributed by atoms with van der Waals surface area (Å²) in [7, 11) is 0. The number of anilines is 1. The molecular formula is C24H22FN7. The van der Waals surface area contributed by atoms with E-state index in [1.54, 1.807) is 24.7 Å². The van der Waals surface area contributed by atoms with Crippen LogP contribution in [0.4, 0.5) is 10.1 Å². The van der Waals surface area contributed by atoms with Crippen LogP contribution in [0.15, 0.2) is 42.9 Å². The monoisotopic (exact) mass is 427 g/mol. The van der Waals surface area contributed by atoms with E-state index < -0.39 is 0 Å². The lowest BCUT2D eigenvalue weighted by Crippen LogP contribution is -2.39. The number of fused-ring (bicyclic) bond motifs is 1. The zero-order valence-corrected chi connectivity index (χ0v) is 17.9. The Hall–Kier alpha value is -3.83. The minimum absolute atomic E-state index is 0.309. The number of benzene rings is 1. The van der Waals surface area contributed by atoms with E-state index in [1.165, 1.54) is 12.1 Å². The van der Waals surface area contributed by atoms with Gasteiger partial charge in [-0.05, 0) is 55.7 Å². The fraction of sp³-hybridized carbons (Fsp3) is 0.250. The highest BCUT2D eigenvalue weighted by Crippen LogP contribution is 2.41. The first kappa shape index (κ1) is 20.1. The summed E-state index contributed by atoms with van der Waals surface area (Å²) in [5.74, 6) is 0.301. The van der Waals surface area contributed by atoms with Crippen molar-refractivity contribution in [1.29, 1.82) is 5.26 Å². The number of rotatable bonds is 3. The number of hydrogen-bond acceptors (Lipinski definition) is 6. The molecule has 1 aliphatic rings. The lowest BCUT2D eigenvalue weighted by molar-refractivity contribution is 0.525. The minimum atomic E-state index is -0.318.